The van der Waals surface area contributed by atoms with Crippen molar-refractivity contribution in [3.05, 3.63) is 47.5 Å². The molecule has 0 heterocycles. The Bertz CT molecular complexity index is 654. The number of allylic oxidation sites excluding steroid dienone is 1. The van der Waals surface area contributed by atoms with Crippen LogP contribution < -0.4 is 0 Å². The molecule has 0 atom stereocenters. The van der Waals surface area contributed by atoms with Gasteiger partial charge < -0.3 is 0 Å². The Labute approximate surface area is 170 Å². The predicted octanol–water partition coefficient (Wildman–Crippen LogP) is 8.42. The van der Waals surface area contributed by atoms with Gasteiger partial charge in [-0.15, -0.1) is 6.58 Å². The van der Waals surface area contributed by atoms with Crippen molar-refractivity contribution in [2.45, 2.75) is 82.7 Å². The van der Waals surface area contributed by atoms with Gasteiger partial charge >= 0.3 is 6.18 Å². The number of benzene rings is 1. The maximum atomic E-state index is 13.9. The summed E-state index contributed by atoms with van der Waals surface area (Å²) in [5, 5.41) is 0. The lowest BCUT2D eigenvalue weighted by Gasteiger charge is -2.32. The third-order valence-electron chi connectivity index (χ3n) is 7.12. The van der Waals surface area contributed by atoms with Gasteiger partial charge in [0.1, 0.15) is 17.2 Å². The minimum absolute atomic E-state index is 0.0492. The topological polar surface area (TPSA) is 0 Å². The third kappa shape index (κ3) is 5.82. The van der Waals surface area contributed by atoms with Crippen LogP contribution in [0.1, 0.15) is 87.7 Å². The van der Waals surface area contributed by atoms with Gasteiger partial charge in [-0.2, -0.15) is 13.2 Å². The van der Waals surface area contributed by atoms with Crippen LogP contribution in [0.5, 0.6) is 0 Å². The number of halogens is 5. The van der Waals surface area contributed by atoms with Crippen molar-refractivity contribution in [1.29, 1.82) is 0 Å². The molecule has 0 radical (unpaired) electrons. The summed E-state index contributed by atoms with van der Waals surface area (Å²) >= 11 is 0. The van der Waals surface area contributed by atoms with Gasteiger partial charge in [-0.3, -0.25) is 0 Å². The quantitative estimate of drug-likeness (QED) is 0.324. The molecule has 2 aliphatic rings. The summed E-state index contributed by atoms with van der Waals surface area (Å²) in [5.74, 6) is -0.799. The smallest absolute Gasteiger partial charge is 0.206 e. The molecule has 162 valence electrons. The first-order valence-corrected chi connectivity index (χ1v) is 10.9. The van der Waals surface area contributed by atoms with Gasteiger partial charge in [0.05, 0.1) is 0 Å². The summed E-state index contributed by atoms with van der Waals surface area (Å²) in [7, 11) is 0. The molecule has 2 aliphatic carbocycles. The van der Waals surface area contributed by atoms with Crippen molar-refractivity contribution in [2.75, 3.05) is 0 Å². The number of hydrogen-bond donors (Lipinski definition) is 0. The number of rotatable bonds is 6. The fraction of sp³-hybridized carbons (Fsp3) is 0.667. The SMILES string of the molecule is C=CCC1CCC(CCC2CCC(c3cc(F)c(C(F)(F)F)c(F)c3)CC2)CC1. The molecule has 2 saturated carbocycles. The third-order valence-corrected chi connectivity index (χ3v) is 7.12. The maximum absolute atomic E-state index is 13.9. The van der Waals surface area contributed by atoms with E-state index in [9.17, 15) is 22.0 Å². The molecule has 0 aliphatic heterocycles. The Morgan fingerprint density at radius 2 is 1.24 bits per heavy atom. The van der Waals surface area contributed by atoms with Crippen molar-refractivity contribution in [3.63, 3.8) is 0 Å². The fourth-order valence-corrected chi connectivity index (χ4v) is 5.35. The Hall–Kier alpha value is -1.39. The molecule has 3 rings (SSSR count). The van der Waals surface area contributed by atoms with Gasteiger partial charge in [-0.1, -0.05) is 31.8 Å². The van der Waals surface area contributed by atoms with E-state index < -0.39 is 23.4 Å². The van der Waals surface area contributed by atoms with Gasteiger partial charge in [0.15, 0.2) is 0 Å². The van der Waals surface area contributed by atoms with E-state index in [2.05, 4.69) is 6.58 Å². The monoisotopic (exact) mass is 414 g/mol. The van der Waals surface area contributed by atoms with Crippen molar-refractivity contribution in [2.24, 2.45) is 17.8 Å². The van der Waals surface area contributed by atoms with Crippen molar-refractivity contribution in [1.82, 2.24) is 0 Å². The molecule has 1 aromatic rings. The highest BCUT2D eigenvalue weighted by atomic mass is 19.4. The normalized spacial score (nSPS) is 28.3. The van der Waals surface area contributed by atoms with E-state index in [1.807, 2.05) is 6.08 Å². The molecule has 0 N–H and O–H groups in total. The first-order valence-electron chi connectivity index (χ1n) is 10.9. The first-order chi connectivity index (χ1) is 13.8. The van der Waals surface area contributed by atoms with Crippen LogP contribution in [0.25, 0.3) is 0 Å². The zero-order chi connectivity index (χ0) is 21.0. The molecule has 5 heteroatoms. The van der Waals surface area contributed by atoms with Crippen LogP contribution in [0.3, 0.4) is 0 Å². The summed E-state index contributed by atoms with van der Waals surface area (Å²) < 4.78 is 66.0. The van der Waals surface area contributed by atoms with Crippen LogP contribution in [0.2, 0.25) is 0 Å². The van der Waals surface area contributed by atoms with Crippen molar-refractivity contribution >= 4 is 0 Å². The summed E-state index contributed by atoms with van der Waals surface area (Å²) in [6, 6.07) is 1.77. The lowest BCUT2D eigenvalue weighted by atomic mass is 9.74. The van der Waals surface area contributed by atoms with Gasteiger partial charge in [-0.25, -0.2) is 8.78 Å². The Balaban J connectivity index is 1.47. The Morgan fingerprint density at radius 1 is 0.793 bits per heavy atom. The van der Waals surface area contributed by atoms with E-state index >= 15 is 0 Å². The van der Waals surface area contributed by atoms with Crippen LogP contribution in [0, 0.1) is 29.4 Å². The second kappa shape index (κ2) is 9.61. The van der Waals surface area contributed by atoms with Crippen LogP contribution in [0.4, 0.5) is 22.0 Å². The molecular formula is C24H31F5. The zero-order valence-corrected chi connectivity index (χ0v) is 16.9. The highest BCUT2D eigenvalue weighted by Gasteiger charge is 2.38. The predicted molar refractivity (Wildman–Crippen MR) is 106 cm³/mol. The lowest BCUT2D eigenvalue weighted by molar-refractivity contribution is -0.142. The molecule has 0 aromatic heterocycles. The van der Waals surface area contributed by atoms with Crippen LogP contribution in [-0.4, -0.2) is 0 Å². The molecule has 0 nitrogen and oxygen atoms in total. The largest absolute Gasteiger partial charge is 0.422 e. The number of alkyl halides is 3. The van der Waals surface area contributed by atoms with E-state index in [4.69, 9.17) is 0 Å². The molecular weight excluding hydrogens is 383 g/mol. The first kappa shape index (κ1) is 22.3. The van der Waals surface area contributed by atoms with Crippen molar-refractivity contribution < 1.29 is 22.0 Å². The fourth-order valence-electron chi connectivity index (χ4n) is 5.35. The van der Waals surface area contributed by atoms with E-state index in [-0.39, 0.29) is 5.92 Å². The summed E-state index contributed by atoms with van der Waals surface area (Å²) in [6.45, 7) is 3.83. The highest BCUT2D eigenvalue weighted by Crippen LogP contribution is 2.42. The van der Waals surface area contributed by atoms with Crippen LogP contribution in [0.15, 0.2) is 24.8 Å². The van der Waals surface area contributed by atoms with Gasteiger partial charge in [0.2, 0.25) is 0 Å². The van der Waals surface area contributed by atoms with Gasteiger partial charge in [-0.05, 0) is 86.3 Å². The summed E-state index contributed by atoms with van der Waals surface area (Å²) in [6.07, 6.45) is 9.36. The van der Waals surface area contributed by atoms with Gasteiger partial charge in [0.25, 0.3) is 0 Å². The zero-order valence-electron chi connectivity index (χ0n) is 16.9. The standard InChI is InChI=1S/C24H31F5/c1-2-3-16-4-6-17(7-5-16)8-9-18-10-12-19(13-11-18)20-14-21(25)23(22(26)15-20)24(27,28)29/h2,14-19H,1,3-13H2. The molecule has 0 bridgehead atoms. The average Bonchev–Trinajstić information content (AvgIpc) is 2.66. The lowest BCUT2D eigenvalue weighted by Crippen LogP contribution is -2.18. The minimum Gasteiger partial charge on any atom is -0.206 e. The molecule has 0 amide bonds. The average molecular weight is 415 g/mol. The molecule has 29 heavy (non-hydrogen) atoms. The molecule has 1 aromatic carbocycles. The van der Waals surface area contributed by atoms with Crippen LogP contribution in [-0.2, 0) is 6.18 Å². The Kier molecular flexibility index (Phi) is 7.39. The highest BCUT2D eigenvalue weighted by molar-refractivity contribution is 5.30. The number of hydrogen-bond acceptors (Lipinski definition) is 0. The van der Waals surface area contributed by atoms with E-state index in [1.165, 1.54) is 38.5 Å². The van der Waals surface area contributed by atoms with Crippen molar-refractivity contribution in [3.8, 4) is 0 Å². The summed E-state index contributed by atoms with van der Waals surface area (Å²) in [4.78, 5) is 0. The Morgan fingerprint density at radius 3 is 1.69 bits per heavy atom. The second-order valence-electron chi connectivity index (χ2n) is 9.06. The van der Waals surface area contributed by atoms with E-state index in [0.717, 1.165) is 56.1 Å². The van der Waals surface area contributed by atoms with E-state index in [0.29, 0.717) is 11.5 Å². The molecule has 0 saturated heterocycles. The van der Waals surface area contributed by atoms with E-state index in [1.54, 1.807) is 0 Å². The second-order valence-corrected chi connectivity index (χ2v) is 9.06. The summed E-state index contributed by atoms with van der Waals surface area (Å²) in [5.41, 5.74) is -1.41. The maximum Gasteiger partial charge on any atom is 0.422 e. The van der Waals surface area contributed by atoms with Gasteiger partial charge in [0, 0.05) is 0 Å². The van der Waals surface area contributed by atoms with Crippen LogP contribution >= 0.6 is 0 Å². The molecule has 0 unspecified atom stereocenters. The molecule has 0 spiro atoms. The minimum atomic E-state index is -5.00. The molecule has 2 fully saturated rings.